The molecule has 0 aliphatic carbocycles. The highest BCUT2D eigenvalue weighted by atomic mass is 32.2. The van der Waals surface area contributed by atoms with Gasteiger partial charge in [0.05, 0.1) is 4.90 Å². The molecule has 122 valence electrons. The minimum Gasteiger partial charge on any atom is -0.311 e. The summed E-state index contributed by atoms with van der Waals surface area (Å²) in [6.07, 6.45) is 1.14. The molecule has 5 heteroatoms. The van der Waals surface area contributed by atoms with E-state index in [4.69, 9.17) is 0 Å². The van der Waals surface area contributed by atoms with Gasteiger partial charge in [0, 0.05) is 24.6 Å². The Morgan fingerprint density at radius 1 is 0.875 bits per heavy atom. The SMILES string of the molecule is CN(C(=O)c1ccc(S(C)(=O)=O)cc1)c1ccc2ccccc2c1. The first-order valence-corrected chi connectivity index (χ1v) is 9.32. The van der Waals surface area contributed by atoms with Crippen molar-refractivity contribution in [3.63, 3.8) is 0 Å². The number of rotatable bonds is 3. The van der Waals surface area contributed by atoms with Gasteiger partial charge in [-0.25, -0.2) is 8.42 Å². The highest BCUT2D eigenvalue weighted by Gasteiger charge is 2.15. The molecule has 0 spiro atoms. The van der Waals surface area contributed by atoms with Gasteiger partial charge in [0.15, 0.2) is 9.84 Å². The van der Waals surface area contributed by atoms with Crippen molar-refractivity contribution in [3.05, 3.63) is 72.3 Å². The summed E-state index contributed by atoms with van der Waals surface area (Å²) < 4.78 is 23.0. The van der Waals surface area contributed by atoms with Crippen LogP contribution in [0.15, 0.2) is 71.6 Å². The van der Waals surface area contributed by atoms with Gasteiger partial charge >= 0.3 is 0 Å². The number of sulfone groups is 1. The van der Waals surface area contributed by atoms with Crippen molar-refractivity contribution in [1.82, 2.24) is 0 Å². The van der Waals surface area contributed by atoms with Gasteiger partial charge in [-0.2, -0.15) is 0 Å². The van der Waals surface area contributed by atoms with Crippen LogP contribution in [0.4, 0.5) is 5.69 Å². The number of hydrogen-bond donors (Lipinski definition) is 0. The summed E-state index contributed by atoms with van der Waals surface area (Å²) in [6, 6.07) is 19.8. The van der Waals surface area contributed by atoms with Gasteiger partial charge in [-0.15, -0.1) is 0 Å². The lowest BCUT2D eigenvalue weighted by Crippen LogP contribution is -2.26. The summed E-state index contributed by atoms with van der Waals surface area (Å²) in [6.45, 7) is 0. The number of anilines is 1. The number of hydrogen-bond acceptors (Lipinski definition) is 3. The van der Waals surface area contributed by atoms with Crippen LogP contribution in [0, 0.1) is 0 Å². The molecule has 0 heterocycles. The molecule has 0 aromatic heterocycles. The summed E-state index contributed by atoms with van der Waals surface area (Å²) in [5, 5.41) is 2.17. The molecule has 0 saturated heterocycles. The Kier molecular flexibility index (Phi) is 4.11. The zero-order valence-electron chi connectivity index (χ0n) is 13.4. The van der Waals surface area contributed by atoms with E-state index in [0.29, 0.717) is 5.56 Å². The third kappa shape index (κ3) is 3.16. The number of nitrogens with zero attached hydrogens (tertiary/aromatic N) is 1. The fourth-order valence-corrected chi connectivity index (χ4v) is 3.17. The Morgan fingerprint density at radius 3 is 2.12 bits per heavy atom. The first kappa shape index (κ1) is 16.2. The maximum atomic E-state index is 12.6. The quantitative estimate of drug-likeness (QED) is 0.734. The lowest BCUT2D eigenvalue weighted by Gasteiger charge is -2.18. The van der Waals surface area contributed by atoms with Crippen LogP contribution < -0.4 is 4.90 Å². The summed E-state index contributed by atoms with van der Waals surface area (Å²) in [5.41, 5.74) is 1.23. The average molecular weight is 339 g/mol. The van der Waals surface area contributed by atoms with E-state index in [9.17, 15) is 13.2 Å². The van der Waals surface area contributed by atoms with Gasteiger partial charge in [0.1, 0.15) is 0 Å². The van der Waals surface area contributed by atoms with Crippen LogP contribution in [-0.2, 0) is 9.84 Å². The number of carbonyl (C=O) groups excluding carboxylic acids is 1. The second kappa shape index (κ2) is 6.09. The lowest BCUT2D eigenvalue weighted by molar-refractivity contribution is 0.0993. The Morgan fingerprint density at radius 2 is 1.50 bits per heavy atom. The highest BCUT2D eigenvalue weighted by Crippen LogP contribution is 2.23. The molecule has 0 aliphatic heterocycles. The van der Waals surface area contributed by atoms with Gasteiger partial charge < -0.3 is 4.90 Å². The van der Waals surface area contributed by atoms with Gasteiger partial charge in [0.2, 0.25) is 0 Å². The minimum atomic E-state index is -3.27. The van der Waals surface area contributed by atoms with Crippen LogP contribution in [-0.4, -0.2) is 27.6 Å². The zero-order chi connectivity index (χ0) is 17.3. The molecule has 0 bridgehead atoms. The van der Waals surface area contributed by atoms with Crippen molar-refractivity contribution in [2.24, 2.45) is 0 Å². The molecule has 0 saturated carbocycles. The molecule has 0 fully saturated rings. The molecule has 1 amide bonds. The maximum Gasteiger partial charge on any atom is 0.258 e. The largest absolute Gasteiger partial charge is 0.311 e. The van der Waals surface area contributed by atoms with E-state index in [1.54, 1.807) is 11.9 Å². The summed E-state index contributed by atoms with van der Waals surface area (Å²) in [4.78, 5) is 14.4. The molecule has 0 N–H and O–H groups in total. The van der Waals surface area contributed by atoms with Crippen LogP contribution in [0.5, 0.6) is 0 Å². The summed E-state index contributed by atoms with van der Waals surface area (Å²) in [5.74, 6) is -0.190. The Balaban J connectivity index is 1.90. The predicted octanol–water partition coefficient (Wildman–Crippen LogP) is 3.52. The third-order valence-electron chi connectivity index (χ3n) is 3.95. The Labute approximate surface area is 141 Å². The van der Waals surface area contributed by atoms with Gasteiger partial charge in [-0.1, -0.05) is 30.3 Å². The van der Waals surface area contributed by atoms with Crippen molar-refractivity contribution in [2.75, 3.05) is 18.2 Å². The zero-order valence-corrected chi connectivity index (χ0v) is 14.2. The van der Waals surface area contributed by atoms with Gasteiger partial charge in [0.25, 0.3) is 5.91 Å². The number of fused-ring (bicyclic) bond motifs is 1. The molecule has 3 aromatic carbocycles. The molecule has 24 heavy (non-hydrogen) atoms. The molecule has 3 aromatic rings. The van der Waals surface area contributed by atoms with E-state index in [1.165, 1.54) is 24.3 Å². The molecule has 0 radical (unpaired) electrons. The summed E-state index contributed by atoms with van der Waals surface area (Å²) >= 11 is 0. The minimum absolute atomic E-state index is 0.190. The van der Waals surface area contributed by atoms with E-state index in [1.807, 2.05) is 42.5 Å². The Bertz CT molecular complexity index is 1010. The number of benzene rings is 3. The first-order chi connectivity index (χ1) is 11.4. The molecular formula is C19H17NO3S. The van der Waals surface area contributed by atoms with Crippen molar-refractivity contribution < 1.29 is 13.2 Å². The van der Waals surface area contributed by atoms with Crippen LogP contribution >= 0.6 is 0 Å². The van der Waals surface area contributed by atoms with E-state index in [-0.39, 0.29) is 10.8 Å². The van der Waals surface area contributed by atoms with Gasteiger partial charge in [-0.05, 0) is 47.2 Å². The normalized spacial score (nSPS) is 11.4. The van der Waals surface area contributed by atoms with Crippen LogP contribution in [0.2, 0.25) is 0 Å². The monoisotopic (exact) mass is 339 g/mol. The van der Waals surface area contributed by atoms with E-state index in [0.717, 1.165) is 22.7 Å². The topological polar surface area (TPSA) is 54.5 Å². The van der Waals surface area contributed by atoms with Crippen LogP contribution in [0.1, 0.15) is 10.4 Å². The highest BCUT2D eigenvalue weighted by molar-refractivity contribution is 7.90. The molecular weight excluding hydrogens is 322 g/mol. The maximum absolute atomic E-state index is 12.6. The smallest absolute Gasteiger partial charge is 0.258 e. The second-order valence-electron chi connectivity index (χ2n) is 5.69. The predicted molar refractivity (Wildman–Crippen MR) is 96.2 cm³/mol. The standard InChI is InChI=1S/C19H17NO3S/c1-20(17-10-7-14-5-3-4-6-16(14)13-17)19(21)15-8-11-18(12-9-15)24(2,22)23/h3-13H,1-2H3. The van der Waals surface area contributed by atoms with Crippen molar-refractivity contribution in [3.8, 4) is 0 Å². The van der Waals surface area contributed by atoms with Crippen molar-refractivity contribution >= 4 is 32.2 Å². The fraction of sp³-hybridized carbons (Fsp3) is 0.105. The van der Waals surface area contributed by atoms with E-state index < -0.39 is 9.84 Å². The van der Waals surface area contributed by atoms with Crippen molar-refractivity contribution in [1.29, 1.82) is 0 Å². The molecule has 3 rings (SSSR count). The van der Waals surface area contributed by atoms with E-state index in [2.05, 4.69) is 0 Å². The lowest BCUT2D eigenvalue weighted by atomic mass is 10.1. The van der Waals surface area contributed by atoms with Crippen LogP contribution in [0.3, 0.4) is 0 Å². The Hall–Kier alpha value is -2.66. The molecule has 0 unspecified atom stereocenters. The van der Waals surface area contributed by atoms with E-state index >= 15 is 0 Å². The van der Waals surface area contributed by atoms with Crippen LogP contribution in [0.25, 0.3) is 10.8 Å². The summed E-state index contributed by atoms with van der Waals surface area (Å²) in [7, 11) is -1.56. The average Bonchev–Trinajstić information content (AvgIpc) is 2.59. The number of amides is 1. The first-order valence-electron chi connectivity index (χ1n) is 7.43. The molecule has 4 nitrogen and oxygen atoms in total. The number of carbonyl (C=O) groups is 1. The molecule has 0 aliphatic rings. The van der Waals surface area contributed by atoms with Gasteiger partial charge in [-0.3, -0.25) is 4.79 Å². The third-order valence-corrected chi connectivity index (χ3v) is 5.08. The second-order valence-corrected chi connectivity index (χ2v) is 7.71. The van der Waals surface area contributed by atoms with Crippen molar-refractivity contribution in [2.45, 2.75) is 4.90 Å². The fourth-order valence-electron chi connectivity index (χ4n) is 2.54. The molecule has 0 atom stereocenters.